The van der Waals surface area contributed by atoms with Crippen molar-refractivity contribution in [1.82, 2.24) is 0 Å². The van der Waals surface area contributed by atoms with E-state index in [0.29, 0.717) is 28.6 Å². The smallest absolute Gasteiger partial charge is 0.233 e. The van der Waals surface area contributed by atoms with Gasteiger partial charge in [-0.1, -0.05) is 18.2 Å². The van der Waals surface area contributed by atoms with Gasteiger partial charge in [-0.2, -0.15) is 0 Å². The van der Waals surface area contributed by atoms with Crippen molar-refractivity contribution < 1.29 is 23.8 Å². The first-order valence-electron chi connectivity index (χ1n) is 7.52. The molecule has 2 N–H and O–H groups in total. The molecule has 0 spiro atoms. The van der Waals surface area contributed by atoms with Crippen LogP contribution in [-0.2, 0) is 9.59 Å². The van der Waals surface area contributed by atoms with E-state index >= 15 is 0 Å². The fourth-order valence-electron chi connectivity index (χ4n) is 2.23. The number of amides is 2. The standard InChI is InChI=1S/C18H20N2O5/c1-23-14-9-13(10-15(24-2)18(14)25-3)20-17(22)11-16(21)19-12-7-5-4-6-8-12/h4-10H,11H2,1-3H3,(H,19,21)(H,20,22). The van der Waals surface area contributed by atoms with Gasteiger partial charge in [0.05, 0.1) is 21.3 Å². The zero-order chi connectivity index (χ0) is 18.2. The van der Waals surface area contributed by atoms with E-state index in [9.17, 15) is 9.59 Å². The number of carbonyl (C=O) groups excluding carboxylic acids is 2. The Bertz CT molecular complexity index is 721. The molecule has 0 radical (unpaired) electrons. The lowest BCUT2D eigenvalue weighted by atomic mass is 10.2. The van der Waals surface area contributed by atoms with E-state index < -0.39 is 11.8 Å². The number of benzene rings is 2. The molecule has 0 unspecified atom stereocenters. The molecule has 0 aliphatic rings. The summed E-state index contributed by atoms with van der Waals surface area (Å²) in [4.78, 5) is 24.0. The maximum atomic E-state index is 12.1. The molecule has 2 aromatic rings. The third-order valence-corrected chi connectivity index (χ3v) is 3.33. The summed E-state index contributed by atoms with van der Waals surface area (Å²) in [5.74, 6) is 0.375. The van der Waals surface area contributed by atoms with E-state index in [0.717, 1.165) is 0 Å². The van der Waals surface area contributed by atoms with Gasteiger partial charge in [0.25, 0.3) is 0 Å². The van der Waals surface area contributed by atoms with Gasteiger partial charge in [0, 0.05) is 23.5 Å². The predicted molar refractivity (Wildman–Crippen MR) is 94.4 cm³/mol. The fourth-order valence-corrected chi connectivity index (χ4v) is 2.23. The minimum absolute atomic E-state index is 0.314. The third-order valence-electron chi connectivity index (χ3n) is 3.33. The summed E-state index contributed by atoms with van der Waals surface area (Å²) in [6.45, 7) is 0. The van der Waals surface area contributed by atoms with Crippen molar-refractivity contribution in [3.63, 3.8) is 0 Å². The molecule has 2 aromatic carbocycles. The van der Waals surface area contributed by atoms with Crippen molar-refractivity contribution in [2.45, 2.75) is 6.42 Å². The van der Waals surface area contributed by atoms with Gasteiger partial charge in [0.2, 0.25) is 17.6 Å². The largest absolute Gasteiger partial charge is 0.493 e. The van der Waals surface area contributed by atoms with E-state index in [2.05, 4.69) is 10.6 Å². The molecule has 2 amide bonds. The van der Waals surface area contributed by atoms with E-state index in [1.807, 2.05) is 6.07 Å². The highest BCUT2D eigenvalue weighted by atomic mass is 16.5. The number of hydrogen-bond acceptors (Lipinski definition) is 5. The number of ether oxygens (including phenoxy) is 3. The van der Waals surface area contributed by atoms with Crippen LogP contribution in [0.1, 0.15) is 6.42 Å². The summed E-state index contributed by atoms with van der Waals surface area (Å²) in [5.41, 5.74) is 1.07. The molecular weight excluding hydrogens is 324 g/mol. The lowest BCUT2D eigenvalue weighted by molar-refractivity contribution is -0.123. The molecule has 0 saturated carbocycles. The molecule has 7 heteroatoms. The van der Waals surface area contributed by atoms with Crippen LogP contribution in [-0.4, -0.2) is 33.1 Å². The summed E-state index contributed by atoms with van der Waals surface area (Å²) >= 11 is 0. The molecule has 0 heterocycles. The van der Waals surface area contributed by atoms with Crippen LogP contribution in [0.5, 0.6) is 17.2 Å². The first-order valence-corrected chi connectivity index (χ1v) is 7.52. The summed E-state index contributed by atoms with van der Waals surface area (Å²) in [5, 5.41) is 5.30. The van der Waals surface area contributed by atoms with Crippen LogP contribution in [0.3, 0.4) is 0 Å². The molecular formula is C18H20N2O5. The average Bonchev–Trinajstić information content (AvgIpc) is 2.61. The second-order valence-electron chi connectivity index (χ2n) is 5.05. The Balaban J connectivity index is 2.03. The number of hydrogen-bond donors (Lipinski definition) is 2. The molecule has 0 fully saturated rings. The van der Waals surface area contributed by atoms with E-state index in [4.69, 9.17) is 14.2 Å². The molecule has 132 valence electrons. The maximum absolute atomic E-state index is 12.1. The average molecular weight is 344 g/mol. The normalized spacial score (nSPS) is 9.88. The number of anilines is 2. The van der Waals surface area contributed by atoms with Gasteiger partial charge in [-0.05, 0) is 12.1 Å². The van der Waals surface area contributed by atoms with Gasteiger partial charge in [0.15, 0.2) is 11.5 Å². The Morgan fingerprint density at radius 1 is 0.800 bits per heavy atom. The summed E-state index contributed by atoms with van der Waals surface area (Å²) in [6.07, 6.45) is -0.314. The third kappa shape index (κ3) is 4.87. The monoisotopic (exact) mass is 344 g/mol. The Morgan fingerprint density at radius 2 is 1.32 bits per heavy atom. The molecule has 25 heavy (non-hydrogen) atoms. The van der Waals surface area contributed by atoms with Gasteiger partial charge < -0.3 is 24.8 Å². The number of nitrogens with one attached hydrogen (secondary N) is 2. The molecule has 2 rings (SSSR count). The van der Waals surface area contributed by atoms with Gasteiger partial charge in [-0.3, -0.25) is 9.59 Å². The van der Waals surface area contributed by atoms with E-state index in [-0.39, 0.29) is 6.42 Å². The van der Waals surface area contributed by atoms with Crippen LogP contribution in [0.25, 0.3) is 0 Å². The van der Waals surface area contributed by atoms with Crippen LogP contribution in [0, 0.1) is 0 Å². The molecule has 0 bridgehead atoms. The summed E-state index contributed by atoms with van der Waals surface area (Å²) in [6, 6.07) is 12.1. The first kappa shape index (κ1) is 18.1. The van der Waals surface area contributed by atoms with Crippen LogP contribution in [0.4, 0.5) is 11.4 Å². The van der Waals surface area contributed by atoms with Gasteiger partial charge in [0.1, 0.15) is 6.42 Å². The Labute approximate surface area is 145 Å². The van der Waals surface area contributed by atoms with Crippen molar-refractivity contribution in [2.75, 3.05) is 32.0 Å². The molecule has 0 aliphatic carbocycles. The second-order valence-corrected chi connectivity index (χ2v) is 5.05. The lowest BCUT2D eigenvalue weighted by Crippen LogP contribution is -2.21. The van der Waals surface area contributed by atoms with Crippen LogP contribution in [0.2, 0.25) is 0 Å². The molecule has 0 atom stereocenters. The van der Waals surface area contributed by atoms with Crippen molar-refractivity contribution >= 4 is 23.2 Å². The number of rotatable bonds is 7. The van der Waals surface area contributed by atoms with Gasteiger partial charge in [-0.25, -0.2) is 0 Å². The number of para-hydroxylation sites is 1. The van der Waals surface area contributed by atoms with Crippen LogP contribution < -0.4 is 24.8 Å². The van der Waals surface area contributed by atoms with E-state index in [1.54, 1.807) is 36.4 Å². The van der Waals surface area contributed by atoms with Gasteiger partial charge >= 0.3 is 0 Å². The van der Waals surface area contributed by atoms with Crippen LogP contribution >= 0.6 is 0 Å². The maximum Gasteiger partial charge on any atom is 0.233 e. The minimum Gasteiger partial charge on any atom is -0.493 e. The first-order chi connectivity index (χ1) is 12.1. The Kier molecular flexibility index (Phi) is 6.22. The van der Waals surface area contributed by atoms with E-state index in [1.165, 1.54) is 21.3 Å². The molecule has 0 aliphatic heterocycles. The summed E-state index contributed by atoms with van der Waals surface area (Å²) < 4.78 is 15.7. The molecule has 7 nitrogen and oxygen atoms in total. The predicted octanol–water partition coefficient (Wildman–Crippen LogP) is 2.68. The summed E-state index contributed by atoms with van der Waals surface area (Å²) in [7, 11) is 4.46. The topological polar surface area (TPSA) is 85.9 Å². The van der Waals surface area contributed by atoms with Crippen molar-refractivity contribution in [1.29, 1.82) is 0 Å². The zero-order valence-electron chi connectivity index (χ0n) is 14.3. The lowest BCUT2D eigenvalue weighted by Gasteiger charge is -2.14. The SMILES string of the molecule is COc1cc(NC(=O)CC(=O)Nc2ccccc2)cc(OC)c1OC. The van der Waals surface area contributed by atoms with Crippen molar-refractivity contribution in [3.05, 3.63) is 42.5 Å². The Morgan fingerprint density at radius 3 is 1.80 bits per heavy atom. The highest BCUT2D eigenvalue weighted by Gasteiger charge is 2.16. The second kappa shape index (κ2) is 8.58. The highest BCUT2D eigenvalue weighted by Crippen LogP contribution is 2.39. The van der Waals surface area contributed by atoms with Crippen molar-refractivity contribution in [2.24, 2.45) is 0 Å². The molecule has 0 saturated heterocycles. The Hall–Kier alpha value is -3.22. The quantitative estimate of drug-likeness (QED) is 0.754. The minimum atomic E-state index is -0.456. The molecule has 0 aromatic heterocycles. The number of methoxy groups -OCH3 is 3. The van der Waals surface area contributed by atoms with Crippen molar-refractivity contribution in [3.8, 4) is 17.2 Å². The highest BCUT2D eigenvalue weighted by molar-refractivity contribution is 6.08. The zero-order valence-corrected chi connectivity index (χ0v) is 14.3. The van der Waals surface area contributed by atoms with Crippen LogP contribution in [0.15, 0.2) is 42.5 Å². The number of carbonyl (C=O) groups is 2. The van der Waals surface area contributed by atoms with Gasteiger partial charge in [-0.15, -0.1) is 0 Å². The fraction of sp³-hybridized carbons (Fsp3) is 0.222.